The van der Waals surface area contributed by atoms with Crippen LogP contribution in [-0.4, -0.2) is 6.17 Å². The Morgan fingerprint density at radius 3 is 2.45 bits per heavy atom. The van der Waals surface area contributed by atoms with Crippen molar-refractivity contribution in [2.24, 2.45) is 17.4 Å². The van der Waals surface area contributed by atoms with Crippen LogP contribution < -0.4 is 16.8 Å². The Morgan fingerprint density at radius 1 is 0.950 bits per heavy atom. The summed E-state index contributed by atoms with van der Waals surface area (Å²) in [5.41, 5.74) is 12.5. The van der Waals surface area contributed by atoms with Gasteiger partial charge in [-0.15, -0.1) is 0 Å². The Labute approximate surface area is 124 Å². The molecule has 0 saturated carbocycles. The van der Waals surface area contributed by atoms with Crippen LogP contribution in [0.4, 0.5) is 0 Å². The second-order valence-electron chi connectivity index (χ2n) is 5.65. The van der Waals surface area contributed by atoms with Gasteiger partial charge < -0.3 is 16.8 Å². The average Bonchev–Trinajstić information content (AvgIpc) is 2.70. The van der Waals surface area contributed by atoms with Gasteiger partial charge in [-0.05, 0) is 37.3 Å². The number of nitrogens with two attached hydrogens (primary N) is 2. The molecule has 114 valence electrons. The van der Waals surface area contributed by atoms with Crippen molar-refractivity contribution in [3.63, 3.8) is 0 Å². The molecular weight excluding hydrogens is 246 g/mol. The summed E-state index contributed by atoms with van der Waals surface area (Å²) in [6, 6.07) is 0. The molecule has 20 heavy (non-hydrogen) atoms. The summed E-state index contributed by atoms with van der Waals surface area (Å²) in [5.74, 6) is 0.647. The highest BCUT2D eigenvalue weighted by Crippen LogP contribution is 2.24. The Morgan fingerprint density at radius 2 is 1.70 bits per heavy atom. The summed E-state index contributed by atoms with van der Waals surface area (Å²) in [5, 5.41) is 3.43. The van der Waals surface area contributed by atoms with Gasteiger partial charge in [-0.2, -0.15) is 0 Å². The summed E-state index contributed by atoms with van der Waals surface area (Å²) >= 11 is 0. The lowest BCUT2D eigenvalue weighted by Crippen LogP contribution is -2.29. The van der Waals surface area contributed by atoms with E-state index in [1.807, 2.05) is 12.3 Å². The van der Waals surface area contributed by atoms with Crippen molar-refractivity contribution in [2.45, 2.75) is 64.5 Å². The molecule has 1 atom stereocenters. The van der Waals surface area contributed by atoms with Crippen LogP contribution in [0.1, 0.15) is 58.3 Å². The quantitative estimate of drug-likeness (QED) is 0.423. The van der Waals surface area contributed by atoms with Crippen LogP contribution in [0.5, 0.6) is 0 Å². The lowest BCUT2D eigenvalue weighted by atomic mass is 9.91. The first-order valence-electron chi connectivity index (χ1n) is 8.05. The molecule has 0 amide bonds. The maximum atomic E-state index is 5.58. The molecule has 0 aliphatic carbocycles. The minimum atomic E-state index is -0.146. The summed E-state index contributed by atoms with van der Waals surface area (Å²) < 4.78 is 0. The van der Waals surface area contributed by atoms with Crippen LogP contribution in [-0.2, 0) is 0 Å². The van der Waals surface area contributed by atoms with E-state index in [0.717, 1.165) is 12.8 Å². The van der Waals surface area contributed by atoms with Gasteiger partial charge in [0.2, 0.25) is 0 Å². The molecule has 0 spiro atoms. The van der Waals surface area contributed by atoms with Crippen molar-refractivity contribution in [2.75, 3.05) is 0 Å². The van der Waals surface area contributed by atoms with Gasteiger partial charge in [-0.25, -0.2) is 0 Å². The molecule has 1 aliphatic rings. The second kappa shape index (κ2) is 10.7. The zero-order valence-electron chi connectivity index (χ0n) is 12.9. The Balaban J connectivity index is 2.37. The normalized spacial score (nSPS) is 15.9. The lowest BCUT2D eigenvalue weighted by Gasteiger charge is -2.20. The van der Waals surface area contributed by atoms with Gasteiger partial charge in [-0.1, -0.05) is 51.2 Å². The molecule has 0 bridgehead atoms. The maximum Gasteiger partial charge on any atom is 0.0520 e. The molecule has 3 heteroatoms. The molecule has 1 rings (SSSR count). The second-order valence-corrected chi connectivity index (χ2v) is 5.65. The standard InChI is InChI=1S/C17H31N3/c1-2-3-10-15(11-6-4-8-13-17(18)19)16-12-7-5-9-14-20-16/h5,7,9,12,14-15,17,20H,2-4,6,8,10-11,13,18-19H2,1H3. The number of rotatable bonds is 10. The molecule has 1 unspecified atom stereocenters. The van der Waals surface area contributed by atoms with E-state index in [1.54, 1.807) is 0 Å². The van der Waals surface area contributed by atoms with Gasteiger partial charge in [0.25, 0.3) is 0 Å². The van der Waals surface area contributed by atoms with E-state index < -0.39 is 0 Å². The first-order chi connectivity index (χ1) is 9.74. The van der Waals surface area contributed by atoms with Gasteiger partial charge >= 0.3 is 0 Å². The summed E-state index contributed by atoms with van der Waals surface area (Å²) in [7, 11) is 0. The first-order valence-corrected chi connectivity index (χ1v) is 8.05. The molecule has 5 N–H and O–H groups in total. The molecule has 0 fully saturated rings. The predicted octanol–water partition coefficient (Wildman–Crippen LogP) is 3.54. The molecule has 0 saturated heterocycles. The smallest absolute Gasteiger partial charge is 0.0520 e. The monoisotopic (exact) mass is 277 g/mol. The van der Waals surface area contributed by atoms with Gasteiger partial charge in [0.05, 0.1) is 6.17 Å². The van der Waals surface area contributed by atoms with Crippen LogP contribution in [0.25, 0.3) is 0 Å². The van der Waals surface area contributed by atoms with Crippen LogP contribution in [0.15, 0.2) is 36.2 Å². The molecular formula is C17H31N3. The van der Waals surface area contributed by atoms with Crippen molar-refractivity contribution in [3.8, 4) is 0 Å². The van der Waals surface area contributed by atoms with E-state index in [9.17, 15) is 0 Å². The zero-order chi connectivity index (χ0) is 14.6. The highest BCUT2D eigenvalue weighted by molar-refractivity contribution is 5.22. The number of nitrogens with one attached hydrogen (secondary N) is 1. The van der Waals surface area contributed by atoms with E-state index >= 15 is 0 Å². The molecule has 0 radical (unpaired) electrons. The van der Waals surface area contributed by atoms with Gasteiger partial charge in [0, 0.05) is 11.9 Å². The van der Waals surface area contributed by atoms with Crippen molar-refractivity contribution in [3.05, 3.63) is 36.2 Å². The first kappa shape index (κ1) is 17.0. The number of unbranched alkanes of at least 4 members (excludes halogenated alkanes) is 3. The van der Waals surface area contributed by atoms with E-state index in [2.05, 4.69) is 30.5 Å². The van der Waals surface area contributed by atoms with E-state index in [1.165, 1.54) is 44.2 Å². The summed E-state index contributed by atoms with van der Waals surface area (Å²) in [4.78, 5) is 0. The van der Waals surface area contributed by atoms with Gasteiger partial charge in [-0.3, -0.25) is 0 Å². The van der Waals surface area contributed by atoms with Gasteiger partial charge in [0.15, 0.2) is 0 Å². The molecule has 0 aromatic carbocycles. The van der Waals surface area contributed by atoms with Crippen molar-refractivity contribution in [1.82, 2.24) is 5.32 Å². The van der Waals surface area contributed by atoms with Gasteiger partial charge in [0.1, 0.15) is 0 Å². The third-order valence-corrected chi connectivity index (χ3v) is 3.78. The van der Waals surface area contributed by atoms with Crippen LogP contribution in [0, 0.1) is 5.92 Å². The maximum absolute atomic E-state index is 5.58. The molecule has 0 aromatic heterocycles. The fourth-order valence-corrected chi connectivity index (χ4v) is 2.58. The third kappa shape index (κ3) is 7.51. The van der Waals surface area contributed by atoms with Crippen molar-refractivity contribution in [1.29, 1.82) is 0 Å². The minimum Gasteiger partial charge on any atom is -0.365 e. The molecule has 1 aliphatic heterocycles. The minimum absolute atomic E-state index is 0.146. The lowest BCUT2D eigenvalue weighted by molar-refractivity contribution is 0.445. The van der Waals surface area contributed by atoms with E-state index in [4.69, 9.17) is 11.5 Å². The van der Waals surface area contributed by atoms with E-state index in [-0.39, 0.29) is 6.17 Å². The molecule has 0 aromatic rings. The van der Waals surface area contributed by atoms with E-state index in [0.29, 0.717) is 5.92 Å². The summed E-state index contributed by atoms with van der Waals surface area (Å²) in [6.45, 7) is 2.26. The Kier molecular flexibility index (Phi) is 9.09. The number of hydrogen-bond acceptors (Lipinski definition) is 3. The largest absolute Gasteiger partial charge is 0.365 e. The topological polar surface area (TPSA) is 64.1 Å². The number of allylic oxidation sites excluding steroid dienone is 5. The van der Waals surface area contributed by atoms with Crippen molar-refractivity contribution < 1.29 is 0 Å². The molecule has 3 nitrogen and oxygen atoms in total. The van der Waals surface area contributed by atoms with Crippen LogP contribution in [0.2, 0.25) is 0 Å². The molecule has 1 heterocycles. The van der Waals surface area contributed by atoms with Crippen LogP contribution >= 0.6 is 0 Å². The fraction of sp³-hybridized carbons (Fsp3) is 0.647. The fourth-order valence-electron chi connectivity index (χ4n) is 2.58. The Hall–Kier alpha value is -1.06. The van der Waals surface area contributed by atoms with Crippen molar-refractivity contribution >= 4 is 0 Å². The van der Waals surface area contributed by atoms with Crippen LogP contribution in [0.3, 0.4) is 0 Å². The third-order valence-electron chi connectivity index (χ3n) is 3.78. The average molecular weight is 277 g/mol. The highest BCUT2D eigenvalue weighted by atomic mass is 14.9. The number of hydrogen-bond donors (Lipinski definition) is 3. The Bertz CT molecular complexity index is 329. The predicted molar refractivity (Wildman–Crippen MR) is 87.8 cm³/mol. The zero-order valence-corrected chi connectivity index (χ0v) is 12.9. The summed E-state index contributed by atoms with van der Waals surface area (Å²) in [6.07, 6.45) is 20.0. The highest BCUT2D eigenvalue weighted by Gasteiger charge is 2.13. The SMILES string of the molecule is CCCCC(CCCCCC(N)N)C1=CC=CC=CN1.